The first-order valence-electron chi connectivity index (χ1n) is 5.23. The maximum Gasteiger partial charge on any atom is 0.412 e. The first-order valence-corrected chi connectivity index (χ1v) is 5.67. The van der Waals surface area contributed by atoms with E-state index in [1.165, 1.54) is 0 Å². The smallest absolute Gasteiger partial charge is 0.412 e. The Kier molecular flexibility index (Phi) is 4.67. The fourth-order valence-corrected chi connectivity index (χ4v) is 2.20. The number of ether oxygens (including phenoxy) is 2. The lowest BCUT2D eigenvalue weighted by molar-refractivity contribution is -0.0651. The summed E-state index contributed by atoms with van der Waals surface area (Å²) in [6.45, 7) is 4.13. The molecule has 0 aliphatic carbocycles. The van der Waals surface area contributed by atoms with Crippen LogP contribution in [-0.4, -0.2) is 42.4 Å². The maximum atomic E-state index is 11.7. The Morgan fingerprint density at radius 1 is 1.53 bits per heavy atom. The number of amides is 1. The summed E-state index contributed by atoms with van der Waals surface area (Å²) in [7, 11) is 1.56. The van der Waals surface area contributed by atoms with Crippen molar-refractivity contribution < 1.29 is 14.3 Å². The van der Waals surface area contributed by atoms with Crippen LogP contribution in [0.2, 0.25) is 0 Å². The number of piperidine rings is 1. The van der Waals surface area contributed by atoms with E-state index < -0.39 is 0 Å². The van der Waals surface area contributed by atoms with E-state index in [9.17, 15) is 4.79 Å². The molecule has 0 N–H and O–H groups in total. The normalized spacial score (nSPS) is 31.5. The SMILES string of the molecule is CCOC(=O)N1C(C)CCC(Cl)C1OC. The zero-order valence-corrected chi connectivity index (χ0v) is 10.2. The molecule has 0 saturated carbocycles. The summed E-state index contributed by atoms with van der Waals surface area (Å²) in [5, 5.41) is -0.157. The molecule has 1 aliphatic rings. The van der Waals surface area contributed by atoms with Crippen molar-refractivity contribution in [1.82, 2.24) is 4.90 Å². The lowest BCUT2D eigenvalue weighted by Gasteiger charge is -2.41. The highest BCUT2D eigenvalue weighted by Crippen LogP contribution is 2.27. The second-order valence-corrected chi connectivity index (χ2v) is 4.24. The number of methoxy groups -OCH3 is 1. The van der Waals surface area contributed by atoms with Crippen LogP contribution in [0.1, 0.15) is 26.7 Å². The van der Waals surface area contributed by atoms with E-state index in [0.717, 1.165) is 12.8 Å². The van der Waals surface area contributed by atoms with E-state index in [0.29, 0.717) is 6.61 Å². The van der Waals surface area contributed by atoms with Crippen LogP contribution in [0.15, 0.2) is 0 Å². The van der Waals surface area contributed by atoms with Gasteiger partial charge in [-0.25, -0.2) is 4.79 Å². The van der Waals surface area contributed by atoms with E-state index in [1.807, 2.05) is 6.92 Å². The average Bonchev–Trinajstić information content (AvgIpc) is 2.21. The molecule has 15 heavy (non-hydrogen) atoms. The van der Waals surface area contributed by atoms with Crippen molar-refractivity contribution in [3.63, 3.8) is 0 Å². The van der Waals surface area contributed by atoms with Crippen molar-refractivity contribution in [3.05, 3.63) is 0 Å². The summed E-state index contributed by atoms with van der Waals surface area (Å²) >= 11 is 6.11. The van der Waals surface area contributed by atoms with Crippen molar-refractivity contribution in [2.24, 2.45) is 0 Å². The van der Waals surface area contributed by atoms with Crippen LogP contribution in [0.4, 0.5) is 4.79 Å². The van der Waals surface area contributed by atoms with Crippen LogP contribution in [-0.2, 0) is 9.47 Å². The zero-order valence-electron chi connectivity index (χ0n) is 9.40. The van der Waals surface area contributed by atoms with E-state index in [1.54, 1.807) is 18.9 Å². The quantitative estimate of drug-likeness (QED) is 0.689. The Morgan fingerprint density at radius 2 is 2.20 bits per heavy atom. The minimum Gasteiger partial charge on any atom is -0.450 e. The fourth-order valence-electron chi connectivity index (χ4n) is 1.85. The van der Waals surface area contributed by atoms with E-state index in [4.69, 9.17) is 21.1 Å². The summed E-state index contributed by atoms with van der Waals surface area (Å²) in [5.74, 6) is 0. The highest BCUT2D eigenvalue weighted by Gasteiger charge is 2.38. The van der Waals surface area contributed by atoms with E-state index in [-0.39, 0.29) is 23.7 Å². The first-order chi connectivity index (χ1) is 7.11. The predicted molar refractivity (Wildman–Crippen MR) is 58.0 cm³/mol. The highest BCUT2D eigenvalue weighted by molar-refractivity contribution is 6.21. The molecular formula is C10H18ClNO3. The van der Waals surface area contributed by atoms with Gasteiger partial charge in [-0.1, -0.05) is 0 Å². The zero-order chi connectivity index (χ0) is 11.4. The van der Waals surface area contributed by atoms with Crippen LogP contribution >= 0.6 is 11.6 Å². The minimum absolute atomic E-state index is 0.115. The molecule has 0 radical (unpaired) electrons. The van der Waals surface area contributed by atoms with Crippen LogP contribution < -0.4 is 0 Å². The van der Waals surface area contributed by atoms with Gasteiger partial charge in [0.05, 0.1) is 12.0 Å². The molecule has 0 aromatic carbocycles. The molecule has 5 heteroatoms. The fraction of sp³-hybridized carbons (Fsp3) is 0.900. The number of rotatable bonds is 2. The Bertz CT molecular complexity index is 225. The number of likely N-dealkylation sites (tertiary alicyclic amines) is 1. The molecule has 1 aliphatic heterocycles. The van der Waals surface area contributed by atoms with Crippen LogP contribution in [0, 0.1) is 0 Å². The molecule has 1 saturated heterocycles. The third kappa shape index (κ3) is 2.75. The second kappa shape index (κ2) is 5.56. The molecule has 1 amide bonds. The second-order valence-electron chi connectivity index (χ2n) is 3.67. The average molecular weight is 236 g/mol. The number of carbonyl (C=O) groups excluding carboxylic acids is 1. The van der Waals surface area contributed by atoms with Gasteiger partial charge in [-0.2, -0.15) is 0 Å². The van der Waals surface area contributed by atoms with Gasteiger partial charge >= 0.3 is 6.09 Å². The summed E-state index contributed by atoms with van der Waals surface area (Å²) in [6, 6.07) is 0.115. The number of hydrogen-bond acceptors (Lipinski definition) is 3. The van der Waals surface area contributed by atoms with E-state index >= 15 is 0 Å². The van der Waals surface area contributed by atoms with Crippen LogP contribution in [0.25, 0.3) is 0 Å². The molecule has 3 atom stereocenters. The number of alkyl halides is 1. The predicted octanol–water partition coefficient (Wildman–Crippen LogP) is 2.21. The van der Waals surface area contributed by atoms with Gasteiger partial charge in [-0.15, -0.1) is 11.6 Å². The van der Waals surface area contributed by atoms with E-state index in [2.05, 4.69) is 0 Å². The summed E-state index contributed by atoms with van der Waals surface area (Å²) in [5.41, 5.74) is 0. The summed E-state index contributed by atoms with van der Waals surface area (Å²) < 4.78 is 10.2. The molecule has 0 spiro atoms. The van der Waals surface area contributed by atoms with Gasteiger partial charge in [0.15, 0.2) is 6.23 Å². The minimum atomic E-state index is -0.380. The third-order valence-electron chi connectivity index (χ3n) is 2.64. The molecule has 1 heterocycles. The topological polar surface area (TPSA) is 38.8 Å². The molecule has 4 nitrogen and oxygen atoms in total. The van der Waals surface area contributed by atoms with Crippen molar-refractivity contribution in [2.75, 3.05) is 13.7 Å². The van der Waals surface area contributed by atoms with Crippen molar-refractivity contribution in [3.8, 4) is 0 Å². The molecule has 0 aromatic rings. The van der Waals surface area contributed by atoms with Crippen LogP contribution in [0.3, 0.4) is 0 Å². The van der Waals surface area contributed by atoms with Crippen molar-refractivity contribution in [2.45, 2.75) is 44.3 Å². The Hall–Kier alpha value is -0.480. The lowest BCUT2D eigenvalue weighted by Crippen LogP contribution is -2.54. The monoisotopic (exact) mass is 235 g/mol. The standard InChI is InChI=1S/C10H18ClNO3/c1-4-15-10(13)12-7(2)5-6-8(11)9(12)14-3/h7-9H,4-6H2,1-3H3. The molecule has 88 valence electrons. The molecule has 1 fully saturated rings. The number of halogens is 1. The van der Waals surface area contributed by atoms with Gasteiger partial charge in [-0.3, -0.25) is 4.90 Å². The Labute approximate surface area is 95.5 Å². The molecule has 0 bridgehead atoms. The highest BCUT2D eigenvalue weighted by atomic mass is 35.5. The lowest BCUT2D eigenvalue weighted by atomic mass is 10.0. The Balaban J connectivity index is 2.74. The van der Waals surface area contributed by atoms with Gasteiger partial charge in [-0.05, 0) is 26.7 Å². The molecule has 3 unspecified atom stereocenters. The van der Waals surface area contributed by atoms with Gasteiger partial charge in [0.25, 0.3) is 0 Å². The number of carbonyl (C=O) groups is 1. The van der Waals surface area contributed by atoms with Crippen LogP contribution in [0.5, 0.6) is 0 Å². The van der Waals surface area contributed by atoms with Gasteiger partial charge in [0, 0.05) is 13.2 Å². The number of nitrogens with zero attached hydrogens (tertiary/aromatic N) is 1. The largest absolute Gasteiger partial charge is 0.450 e. The molecule has 1 rings (SSSR count). The Morgan fingerprint density at radius 3 is 2.73 bits per heavy atom. The molecule has 0 aromatic heterocycles. The first kappa shape index (κ1) is 12.6. The van der Waals surface area contributed by atoms with Crippen molar-refractivity contribution >= 4 is 17.7 Å². The molecular weight excluding hydrogens is 218 g/mol. The third-order valence-corrected chi connectivity index (χ3v) is 3.07. The summed E-state index contributed by atoms with van der Waals surface area (Å²) in [4.78, 5) is 13.3. The maximum absolute atomic E-state index is 11.7. The van der Waals surface area contributed by atoms with Crippen molar-refractivity contribution in [1.29, 1.82) is 0 Å². The van der Waals surface area contributed by atoms with Gasteiger partial charge < -0.3 is 9.47 Å². The summed E-state index contributed by atoms with van der Waals surface area (Å²) in [6.07, 6.45) is 1.01. The number of hydrogen-bond donors (Lipinski definition) is 0. The van der Waals surface area contributed by atoms with Gasteiger partial charge in [0.2, 0.25) is 0 Å². The van der Waals surface area contributed by atoms with Gasteiger partial charge in [0.1, 0.15) is 0 Å².